The molecule has 0 amide bonds. The molecule has 5 heteroatoms. The number of hydrogen-bond acceptors (Lipinski definition) is 4. The van der Waals surface area contributed by atoms with E-state index in [1.54, 1.807) is 30.5 Å². The molecular weight excluding hydrogens is 358 g/mol. The molecule has 2 rings (SSSR count). The molecule has 0 fully saturated rings. The van der Waals surface area contributed by atoms with E-state index in [9.17, 15) is 4.79 Å². The predicted octanol–water partition coefficient (Wildman–Crippen LogP) is 6.81. The van der Waals surface area contributed by atoms with Crippen molar-refractivity contribution >= 4 is 17.3 Å². The minimum absolute atomic E-state index is 0.285. The summed E-state index contributed by atoms with van der Waals surface area (Å²) in [6, 6.07) is 6.77. The lowest BCUT2D eigenvalue weighted by Crippen LogP contribution is -1.95. The number of benzene rings is 1. The van der Waals surface area contributed by atoms with Gasteiger partial charge in [0, 0.05) is 5.56 Å². The number of aromatic nitrogens is 1. The second-order valence-electron chi connectivity index (χ2n) is 6.90. The van der Waals surface area contributed by atoms with Crippen molar-refractivity contribution in [3.63, 3.8) is 0 Å². The van der Waals surface area contributed by atoms with Gasteiger partial charge in [-0.05, 0) is 18.6 Å². The van der Waals surface area contributed by atoms with Crippen LogP contribution in [0, 0.1) is 0 Å². The highest BCUT2D eigenvalue weighted by Crippen LogP contribution is 2.30. The van der Waals surface area contributed by atoms with Crippen LogP contribution in [0.25, 0.3) is 10.6 Å². The van der Waals surface area contributed by atoms with Gasteiger partial charge < -0.3 is 9.84 Å². The smallest absolute Gasteiger partial charge is 0.335 e. The summed E-state index contributed by atoms with van der Waals surface area (Å²) >= 11 is 1.50. The number of carboxylic acid groups (broad SMARTS) is 1. The lowest BCUT2D eigenvalue weighted by Gasteiger charge is -2.03. The highest BCUT2D eigenvalue weighted by molar-refractivity contribution is 7.16. The quantitative estimate of drug-likeness (QED) is 0.361. The summed E-state index contributed by atoms with van der Waals surface area (Å²) < 4.78 is 5.80. The molecule has 0 spiro atoms. The third-order valence-corrected chi connectivity index (χ3v) is 5.56. The van der Waals surface area contributed by atoms with Crippen LogP contribution < -0.4 is 4.74 Å². The van der Waals surface area contributed by atoms with Gasteiger partial charge in [0.25, 0.3) is 0 Å². The van der Waals surface area contributed by atoms with Crippen molar-refractivity contribution in [2.75, 3.05) is 6.61 Å². The van der Waals surface area contributed by atoms with E-state index in [2.05, 4.69) is 11.9 Å². The maximum Gasteiger partial charge on any atom is 0.335 e. The van der Waals surface area contributed by atoms with Crippen LogP contribution in [0.4, 0.5) is 0 Å². The second-order valence-corrected chi connectivity index (χ2v) is 7.89. The number of aromatic carboxylic acids is 1. The van der Waals surface area contributed by atoms with E-state index >= 15 is 0 Å². The molecule has 1 N–H and O–H groups in total. The van der Waals surface area contributed by atoms with Crippen molar-refractivity contribution in [3.05, 3.63) is 36.0 Å². The van der Waals surface area contributed by atoms with Crippen LogP contribution in [0.3, 0.4) is 0 Å². The van der Waals surface area contributed by atoms with Crippen LogP contribution in [0.5, 0.6) is 5.06 Å². The first-order valence-electron chi connectivity index (χ1n) is 10.1. The van der Waals surface area contributed by atoms with Gasteiger partial charge in [-0.2, -0.15) is 0 Å². The van der Waals surface area contributed by atoms with Crippen molar-refractivity contribution < 1.29 is 14.6 Å². The molecule has 0 radical (unpaired) electrons. The van der Waals surface area contributed by atoms with Crippen molar-refractivity contribution in [1.82, 2.24) is 4.98 Å². The number of hydrogen-bond donors (Lipinski definition) is 1. The number of nitrogens with zero attached hydrogens (tertiary/aromatic N) is 1. The van der Waals surface area contributed by atoms with E-state index in [-0.39, 0.29) is 5.56 Å². The Balaban J connectivity index is 1.58. The van der Waals surface area contributed by atoms with Crippen LogP contribution in [0.15, 0.2) is 30.5 Å². The van der Waals surface area contributed by atoms with Gasteiger partial charge in [0.05, 0.1) is 18.4 Å². The zero-order valence-corrected chi connectivity index (χ0v) is 17.1. The largest absolute Gasteiger partial charge is 0.483 e. The molecule has 0 aliphatic carbocycles. The van der Waals surface area contributed by atoms with Crippen LogP contribution in [0.2, 0.25) is 0 Å². The lowest BCUT2D eigenvalue weighted by atomic mass is 10.1. The van der Waals surface area contributed by atoms with Crippen LogP contribution in [-0.4, -0.2) is 22.7 Å². The Morgan fingerprint density at radius 3 is 2.15 bits per heavy atom. The van der Waals surface area contributed by atoms with E-state index < -0.39 is 5.97 Å². The molecule has 0 saturated heterocycles. The Morgan fingerprint density at radius 2 is 1.56 bits per heavy atom. The molecule has 4 nitrogen and oxygen atoms in total. The summed E-state index contributed by atoms with van der Waals surface area (Å²) in [7, 11) is 0. The highest BCUT2D eigenvalue weighted by atomic mass is 32.1. The molecular formula is C22H31NO3S. The first kappa shape index (κ1) is 21.4. The molecule has 1 heterocycles. The predicted molar refractivity (Wildman–Crippen MR) is 112 cm³/mol. The molecule has 0 aliphatic rings. The minimum atomic E-state index is -0.916. The Morgan fingerprint density at radius 1 is 0.963 bits per heavy atom. The standard InChI is InChI=1S/C22H31NO3S/c1-2-3-4-5-6-7-8-9-10-11-16-26-20-17-23-21(27-20)18-12-14-19(15-13-18)22(24)25/h12-15,17H,2-11,16H2,1H3,(H,24,25). The molecule has 0 atom stereocenters. The molecule has 27 heavy (non-hydrogen) atoms. The summed E-state index contributed by atoms with van der Waals surface area (Å²) in [5.41, 5.74) is 1.20. The summed E-state index contributed by atoms with van der Waals surface area (Å²) in [4.78, 5) is 15.3. The average molecular weight is 390 g/mol. The fraction of sp³-hybridized carbons (Fsp3) is 0.545. The monoisotopic (exact) mass is 389 g/mol. The van der Waals surface area contributed by atoms with Crippen molar-refractivity contribution in [2.24, 2.45) is 0 Å². The molecule has 1 aromatic carbocycles. The number of carboxylic acids is 1. The fourth-order valence-corrected chi connectivity index (χ4v) is 3.77. The molecule has 0 aliphatic heterocycles. The van der Waals surface area contributed by atoms with Gasteiger partial charge in [-0.3, -0.25) is 0 Å². The van der Waals surface area contributed by atoms with Crippen LogP contribution in [0.1, 0.15) is 81.5 Å². The van der Waals surface area contributed by atoms with Gasteiger partial charge in [0.1, 0.15) is 5.01 Å². The van der Waals surface area contributed by atoms with Crippen LogP contribution >= 0.6 is 11.3 Å². The zero-order chi connectivity index (χ0) is 19.3. The second kappa shape index (κ2) is 12.5. The van der Waals surface area contributed by atoms with E-state index in [0.717, 1.165) is 28.7 Å². The Kier molecular flexibility index (Phi) is 9.91. The lowest BCUT2D eigenvalue weighted by molar-refractivity contribution is 0.0697. The summed E-state index contributed by atoms with van der Waals surface area (Å²) in [6.07, 6.45) is 14.9. The highest BCUT2D eigenvalue weighted by Gasteiger charge is 2.07. The maximum atomic E-state index is 10.9. The fourth-order valence-electron chi connectivity index (χ4n) is 2.98. The van der Waals surface area contributed by atoms with Gasteiger partial charge in [0.15, 0.2) is 5.06 Å². The number of unbranched alkanes of at least 4 members (excludes halogenated alkanes) is 9. The number of thiazole rings is 1. The molecule has 0 unspecified atom stereocenters. The third kappa shape index (κ3) is 8.12. The van der Waals surface area contributed by atoms with E-state index in [0.29, 0.717) is 0 Å². The molecule has 0 saturated carbocycles. The average Bonchev–Trinajstić information content (AvgIpc) is 3.15. The Hall–Kier alpha value is -1.88. The molecule has 148 valence electrons. The first-order chi connectivity index (χ1) is 13.2. The Labute approximate surface area is 166 Å². The summed E-state index contributed by atoms with van der Waals surface area (Å²) in [6.45, 7) is 2.99. The normalized spacial score (nSPS) is 10.9. The van der Waals surface area contributed by atoms with E-state index in [4.69, 9.17) is 9.84 Å². The third-order valence-electron chi connectivity index (χ3n) is 4.61. The maximum absolute atomic E-state index is 10.9. The molecule has 1 aromatic heterocycles. The summed E-state index contributed by atoms with van der Waals surface area (Å²) in [5.74, 6) is -0.916. The Bertz CT molecular complexity index is 666. The van der Waals surface area contributed by atoms with Gasteiger partial charge in [-0.25, -0.2) is 9.78 Å². The summed E-state index contributed by atoms with van der Waals surface area (Å²) in [5, 5.41) is 10.6. The van der Waals surface area contributed by atoms with Crippen LogP contribution in [-0.2, 0) is 0 Å². The number of carbonyl (C=O) groups is 1. The van der Waals surface area contributed by atoms with Gasteiger partial charge in [-0.1, -0.05) is 88.2 Å². The first-order valence-corrected chi connectivity index (χ1v) is 10.9. The van der Waals surface area contributed by atoms with E-state index in [1.807, 2.05) is 0 Å². The topological polar surface area (TPSA) is 59.4 Å². The van der Waals surface area contributed by atoms with Crippen molar-refractivity contribution in [1.29, 1.82) is 0 Å². The number of rotatable bonds is 14. The van der Waals surface area contributed by atoms with Gasteiger partial charge >= 0.3 is 5.97 Å². The van der Waals surface area contributed by atoms with Gasteiger partial charge in [0.2, 0.25) is 0 Å². The molecule has 0 bridgehead atoms. The van der Waals surface area contributed by atoms with E-state index in [1.165, 1.54) is 69.1 Å². The molecule has 2 aromatic rings. The number of ether oxygens (including phenoxy) is 1. The van der Waals surface area contributed by atoms with Gasteiger partial charge in [-0.15, -0.1) is 0 Å². The SMILES string of the molecule is CCCCCCCCCCCCOc1cnc(-c2ccc(C(=O)O)cc2)s1. The van der Waals surface area contributed by atoms with Crippen molar-refractivity contribution in [2.45, 2.75) is 71.1 Å². The van der Waals surface area contributed by atoms with Crippen molar-refractivity contribution in [3.8, 4) is 15.6 Å². The minimum Gasteiger partial charge on any atom is -0.483 e. The zero-order valence-electron chi connectivity index (χ0n) is 16.3.